The number of aliphatic hydroxyl groups excluding tert-OH is 2. The highest BCUT2D eigenvalue weighted by molar-refractivity contribution is 5.76. The van der Waals surface area contributed by atoms with Crippen molar-refractivity contribution in [3.8, 4) is 0 Å². The molecule has 0 heterocycles. The van der Waals surface area contributed by atoms with Crippen LogP contribution in [0.2, 0.25) is 0 Å². The summed E-state index contributed by atoms with van der Waals surface area (Å²) in [5, 5.41) is 22.9. The number of carbonyl (C=O) groups is 1. The fraction of sp³-hybridized carbons (Fsp3) is 0.534. The summed E-state index contributed by atoms with van der Waals surface area (Å²) in [5.74, 6) is -0.116. The topological polar surface area (TPSA) is 69.6 Å². The molecule has 2 unspecified atom stereocenters. The Morgan fingerprint density at radius 3 is 1.06 bits per heavy atom. The maximum atomic E-state index is 12.4. The lowest BCUT2D eigenvalue weighted by Gasteiger charge is -2.19. The Labute approximate surface area is 382 Å². The van der Waals surface area contributed by atoms with Crippen molar-refractivity contribution < 1.29 is 15.0 Å². The summed E-state index contributed by atoms with van der Waals surface area (Å²) >= 11 is 0. The predicted molar refractivity (Wildman–Crippen MR) is 275 cm³/mol. The van der Waals surface area contributed by atoms with Crippen LogP contribution in [0, 0.1) is 0 Å². The minimum absolute atomic E-state index is 0.116. The molecule has 0 rings (SSSR count). The largest absolute Gasteiger partial charge is 0.394 e. The van der Waals surface area contributed by atoms with Crippen LogP contribution in [0.5, 0.6) is 0 Å². The molecule has 0 aromatic carbocycles. The Hall–Kier alpha value is -3.99. The first-order valence-corrected chi connectivity index (χ1v) is 24.7. The number of aliphatic hydroxyl groups is 2. The summed E-state index contributed by atoms with van der Waals surface area (Å²) in [7, 11) is 0. The molecule has 0 saturated carbocycles. The molecule has 0 saturated heterocycles. The Morgan fingerprint density at radius 1 is 0.403 bits per heavy atom. The Morgan fingerprint density at radius 2 is 0.710 bits per heavy atom. The van der Waals surface area contributed by atoms with E-state index >= 15 is 0 Å². The number of unbranched alkanes of at least 4 members (excludes halogenated alkanes) is 11. The molecule has 0 spiro atoms. The molecule has 0 aliphatic carbocycles. The maximum absolute atomic E-state index is 12.4. The first-order chi connectivity index (χ1) is 30.7. The van der Waals surface area contributed by atoms with Gasteiger partial charge in [0.1, 0.15) is 0 Å². The number of allylic oxidation sites excluding steroid dienone is 25. The minimum atomic E-state index is -0.867. The van der Waals surface area contributed by atoms with Gasteiger partial charge in [0.2, 0.25) is 5.91 Å². The van der Waals surface area contributed by atoms with Gasteiger partial charge in [-0.25, -0.2) is 0 Å². The van der Waals surface area contributed by atoms with Gasteiger partial charge in [0.15, 0.2) is 0 Å². The van der Waals surface area contributed by atoms with E-state index in [-0.39, 0.29) is 12.5 Å². The second-order valence-electron chi connectivity index (χ2n) is 15.8. The van der Waals surface area contributed by atoms with Crippen molar-refractivity contribution in [2.75, 3.05) is 6.61 Å². The molecule has 4 nitrogen and oxygen atoms in total. The summed E-state index contributed by atoms with van der Waals surface area (Å²) < 4.78 is 0. The fourth-order valence-electron chi connectivity index (χ4n) is 6.27. The number of nitrogens with one attached hydrogen (secondary N) is 1. The fourth-order valence-corrected chi connectivity index (χ4v) is 6.27. The van der Waals surface area contributed by atoms with Gasteiger partial charge >= 0.3 is 0 Å². The van der Waals surface area contributed by atoms with Crippen LogP contribution in [0.25, 0.3) is 0 Å². The zero-order valence-corrected chi connectivity index (χ0v) is 39.6. The minimum Gasteiger partial charge on any atom is -0.394 e. The van der Waals surface area contributed by atoms with Gasteiger partial charge in [-0.2, -0.15) is 0 Å². The van der Waals surface area contributed by atoms with E-state index in [0.29, 0.717) is 6.42 Å². The van der Waals surface area contributed by atoms with E-state index in [1.807, 2.05) is 6.08 Å². The lowest BCUT2D eigenvalue weighted by Crippen LogP contribution is -2.45. The summed E-state index contributed by atoms with van der Waals surface area (Å²) in [6.45, 7) is 4.14. The Bertz CT molecular complexity index is 1380. The van der Waals surface area contributed by atoms with Crippen LogP contribution in [-0.4, -0.2) is 34.9 Å². The third-order valence-electron chi connectivity index (χ3n) is 10.0. The molecule has 0 aromatic heterocycles. The van der Waals surface area contributed by atoms with E-state index in [1.54, 1.807) is 6.08 Å². The van der Waals surface area contributed by atoms with Crippen LogP contribution < -0.4 is 5.32 Å². The number of rotatable bonds is 42. The monoisotopic (exact) mass is 850 g/mol. The third kappa shape index (κ3) is 47.1. The average molecular weight is 850 g/mol. The van der Waals surface area contributed by atoms with E-state index < -0.39 is 12.1 Å². The van der Waals surface area contributed by atoms with Gasteiger partial charge in [-0.1, -0.05) is 223 Å². The molecule has 1 amide bonds. The van der Waals surface area contributed by atoms with E-state index in [1.165, 1.54) is 51.4 Å². The van der Waals surface area contributed by atoms with Crippen molar-refractivity contribution in [3.05, 3.63) is 158 Å². The van der Waals surface area contributed by atoms with Gasteiger partial charge < -0.3 is 15.5 Å². The predicted octanol–water partition coefficient (Wildman–Crippen LogP) is 16.2. The number of hydrogen-bond donors (Lipinski definition) is 3. The highest BCUT2D eigenvalue weighted by Gasteiger charge is 2.17. The molecule has 4 heteroatoms. The van der Waals surface area contributed by atoms with Crippen molar-refractivity contribution in [3.63, 3.8) is 0 Å². The van der Waals surface area contributed by atoms with Crippen molar-refractivity contribution in [1.29, 1.82) is 0 Å². The first kappa shape index (κ1) is 58.0. The molecule has 0 aliphatic rings. The standard InChI is InChI=1S/C58H91NO3/c1-3-5-7-9-11-13-15-16-17-18-19-20-21-22-23-24-25-26-27-28-29-30-31-32-33-34-35-36-37-38-39-40-41-42-44-46-48-50-52-54-58(62)59-56(55-60)57(61)53-51-49-47-45-43-14-12-10-8-6-4-2/h5,7,11,13,16-17,19-20,22-23,25-26,28-29,31-32,34-35,37-38,40-41,44,46,51,53,56-57,60-61H,3-4,6,8-10,12,14-15,18,21,24,27,30,33,36,39,42-43,45,47-50,52,54-55H2,1-2H3,(H,59,62)/b7-5-,13-11-,17-16-,20-19-,23-22-,26-25-,29-28-,32-31-,35-34-,38-37-,41-40-,46-44-,53-51+. The normalized spacial score (nSPS) is 14.3. The van der Waals surface area contributed by atoms with Gasteiger partial charge in [-0.05, 0) is 109 Å². The molecule has 346 valence electrons. The number of hydrogen-bond acceptors (Lipinski definition) is 3. The first-order valence-electron chi connectivity index (χ1n) is 24.7. The zero-order valence-electron chi connectivity index (χ0n) is 39.6. The van der Waals surface area contributed by atoms with Crippen molar-refractivity contribution >= 4 is 5.91 Å². The molecule has 2 atom stereocenters. The molecule has 0 aromatic rings. The van der Waals surface area contributed by atoms with Crippen molar-refractivity contribution in [2.24, 2.45) is 0 Å². The summed E-state index contributed by atoms with van der Waals surface area (Å²) in [4.78, 5) is 12.4. The van der Waals surface area contributed by atoms with Gasteiger partial charge in [0.25, 0.3) is 0 Å². The average Bonchev–Trinajstić information content (AvgIpc) is 3.28. The molecule has 0 fully saturated rings. The Balaban J connectivity index is 3.76. The molecular weight excluding hydrogens is 759 g/mol. The van der Waals surface area contributed by atoms with Crippen LogP contribution >= 0.6 is 0 Å². The molecule has 0 bridgehead atoms. The van der Waals surface area contributed by atoms with E-state index in [9.17, 15) is 15.0 Å². The van der Waals surface area contributed by atoms with Crippen LogP contribution in [0.3, 0.4) is 0 Å². The highest BCUT2D eigenvalue weighted by atomic mass is 16.3. The summed E-state index contributed by atoms with van der Waals surface area (Å²) in [6, 6.07) is -0.656. The third-order valence-corrected chi connectivity index (χ3v) is 10.0. The Kier molecular flexibility index (Phi) is 48.1. The van der Waals surface area contributed by atoms with Gasteiger partial charge in [-0.15, -0.1) is 0 Å². The van der Waals surface area contributed by atoms with Crippen molar-refractivity contribution in [2.45, 2.75) is 193 Å². The van der Waals surface area contributed by atoms with Crippen LogP contribution in [0.4, 0.5) is 0 Å². The molecule has 3 N–H and O–H groups in total. The quantitative estimate of drug-likeness (QED) is 0.0423. The zero-order chi connectivity index (χ0) is 44.9. The second-order valence-corrected chi connectivity index (χ2v) is 15.8. The second kappa shape index (κ2) is 51.4. The van der Waals surface area contributed by atoms with E-state index in [4.69, 9.17) is 0 Å². The van der Waals surface area contributed by atoms with Crippen LogP contribution in [0.15, 0.2) is 158 Å². The lowest BCUT2D eigenvalue weighted by molar-refractivity contribution is -0.123. The van der Waals surface area contributed by atoms with Crippen LogP contribution in [-0.2, 0) is 4.79 Å². The lowest BCUT2D eigenvalue weighted by atomic mass is 10.1. The van der Waals surface area contributed by atoms with E-state index in [2.05, 4.69) is 165 Å². The summed E-state index contributed by atoms with van der Waals surface area (Å²) in [6.07, 6.45) is 83.7. The van der Waals surface area contributed by atoms with Crippen molar-refractivity contribution in [1.82, 2.24) is 5.32 Å². The van der Waals surface area contributed by atoms with Gasteiger partial charge in [0.05, 0.1) is 18.8 Å². The highest BCUT2D eigenvalue weighted by Crippen LogP contribution is 2.11. The molecule has 62 heavy (non-hydrogen) atoms. The van der Waals surface area contributed by atoms with Gasteiger partial charge in [0, 0.05) is 6.42 Å². The van der Waals surface area contributed by atoms with Crippen LogP contribution in [0.1, 0.15) is 181 Å². The maximum Gasteiger partial charge on any atom is 0.220 e. The van der Waals surface area contributed by atoms with Gasteiger partial charge in [-0.3, -0.25) is 4.79 Å². The van der Waals surface area contributed by atoms with E-state index in [0.717, 1.165) is 109 Å². The summed E-state index contributed by atoms with van der Waals surface area (Å²) in [5.41, 5.74) is 0. The number of amides is 1. The smallest absolute Gasteiger partial charge is 0.220 e. The molecular formula is C58H91NO3. The molecule has 0 radical (unpaired) electrons. The molecule has 0 aliphatic heterocycles. The SMILES string of the molecule is CC/C=C\C/C=C\C/C=C\C/C=C\C/C=C\C/C=C\C/C=C\C/C=C\C/C=C\C/C=C\C/C=C\C/C=C\CCCCC(=O)NC(CO)C(O)/C=C/CCCCCCCCCCC. The number of carbonyl (C=O) groups excluding carboxylic acids is 1.